The second-order valence-electron chi connectivity index (χ2n) is 8.14. The van der Waals surface area contributed by atoms with E-state index in [0.717, 1.165) is 10.8 Å². The van der Waals surface area contributed by atoms with E-state index in [4.69, 9.17) is 25.8 Å². The molecule has 0 radical (unpaired) electrons. The molecule has 0 saturated carbocycles. The van der Waals surface area contributed by atoms with Crippen LogP contribution < -0.4 is 25.0 Å². The third kappa shape index (κ3) is 6.71. The molecule has 0 aliphatic heterocycles. The molecule has 0 unspecified atom stereocenters. The minimum Gasteiger partial charge on any atom is -0.493 e. The van der Waals surface area contributed by atoms with Gasteiger partial charge in [-0.05, 0) is 59.3 Å². The van der Waals surface area contributed by atoms with E-state index in [1.54, 1.807) is 42.5 Å². The third-order valence-corrected chi connectivity index (χ3v) is 5.90. The van der Waals surface area contributed by atoms with Crippen LogP contribution >= 0.6 is 11.6 Å². The smallest absolute Gasteiger partial charge is 0.343 e. The number of hydrogen-bond donors (Lipinski definition) is 2. The molecule has 2 N–H and O–H groups in total. The summed E-state index contributed by atoms with van der Waals surface area (Å²) in [5.74, 6) is -0.470. The fourth-order valence-electron chi connectivity index (χ4n) is 3.69. The molecule has 0 atom stereocenters. The maximum Gasteiger partial charge on any atom is 0.343 e. The van der Waals surface area contributed by atoms with Crippen LogP contribution in [0.3, 0.4) is 0 Å². The molecule has 0 aliphatic carbocycles. The van der Waals surface area contributed by atoms with Gasteiger partial charge in [0.2, 0.25) is 0 Å². The molecule has 198 valence electrons. The highest BCUT2D eigenvalue weighted by Crippen LogP contribution is 2.28. The molecule has 9 nitrogen and oxygen atoms in total. The van der Waals surface area contributed by atoms with Crippen LogP contribution in [0.15, 0.2) is 84.0 Å². The third-order valence-electron chi connectivity index (χ3n) is 5.65. The number of carbonyl (C=O) groups is 3. The lowest BCUT2D eigenvalue weighted by molar-refractivity contribution is -0.120. The lowest BCUT2D eigenvalue weighted by Gasteiger charge is -2.11. The van der Waals surface area contributed by atoms with Gasteiger partial charge in [0.05, 0.1) is 32.5 Å². The highest BCUT2D eigenvalue weighted by Gasteiger charge is 2.15. The Labute approximate surface area is 229 Å². The topological polar surface area (TPSA) is 115 Å². The molecule has 4 aromatic carbocycles. The zero-order chi connectivity index (χ0) is 27.8. The van der Waals surface area contributed by atoms with Gasteiger partial charge >= 0.3 is 5.97 Å². The zero-order valence-corrected chi connectivity index (χ0v) is 21.8. The minimum atomic E-state index is -0.571. The number of ether oxygens (including phenoxy) is 3. The second kappa shape index (κ2) is 12.6. The van der Waals surface area contributed by atoms with Crippen LogP contribution in [-0.4, -0.2) is 44.8 Å². The number of carbonyl (C=O) groups excluding carboxylic acids is 3. The number of nitrogens with one attached hydrogen (secondary N) is 2. The predicted octanol–water partition coefficient (Wildman–Crippen LogP) is 4.61. The van der Waals surface area contributed by atoms with Crippen LogP contribution in [-0.2, 0) is 4.79 Å². The van der Waals surface area contributed by atoms with Gasteiger partial charge in [0.25, 0.3) is 11.8 Å². The van der Waals surface area contributed by atoms with E-state index in [-0.39, 0.29) is 12.3 Å². The first-order valence-electron chi connectivity index (χ1n) is 11.7. The van der Waals surface area contributed by atoms with Crippen LogP contribution in [0.1, 0.15) is 26.3 Å². The Hall–Kier alpha value is -4.89. The average Bonchev–Trinajstić information content (AvgIpc) is 2.96. The fraction of sp³-hybridized carbons (Fsp3) is 0.103. The maximum atomic E-state index is 12.7. The van der Waals surface area contributed by atoms with E-state index in [1.807, 2.05) is 30.3 Å². The molecule has 0 heterocycles. The quantitative estimate of drug-likeness (QED) is 0.137. The lowest BCUT2D eigenvalue weighted by Crippen LogP contribution is -2.34. The van der Waals surface area contributed by atoms with E-state index in [9.17, 15) is 14.4 Å². The number of methoxy groups -OCH3 is 2. The minimum absolute atomic E-state index is 0.258. The van der Waals surface area contributed by atoms with Crippen LogP contribution in [0, 0.1) is 0 Å². The molecular weight excluding hydrogens is 522 g/mol. The van der Waals surface area contributed by atoms with Gasteiger partial charge in [-0.1, -0.05) is 41.9 Å². The van der Waals surface area contributed by atoms with E-state index >= 15 is 0 Å². The van der Waals surface area contributed by atoms with Gasteiger partial charge in [-0.15, -0.1) is 0 Å². The average molecular weight is 546 g/mol. The molecule has 0 fully saturated rings. The van der Waals surface area contributed by atoms with Crippen molar-refractivity contribution in [3.63, 3.8) is 0 Å². The summed E-state index contributed by atoms with van der Waals surface area (Å²) in [6.45, 7) is -0.321. The molecule has 39 heavy (non-hydrogen) atoms. The van der Waals surface area contributed by atoms with E-state index in [1.165, 1.54) is 26.5 Å². The monoisotopic (exact) mass is 545 g/mol. The molecule has 0 bridgehead atoms. The van der Waals surface area contributed by atoms with Crippen LogP contribution in [0.5, 0.6) is 17.2 Å². The van der Waals surface area contributed by atoms with E-state index in [2.05, 4.69) is 15.8 Å². The van der Waals surface area contributed by atoms with Gasteiger partial charge in [-0.2, -0.15) is 5.10 Å². The highest BCUT2D eigenvalue weighted by atomic mass is 35.5. The summed E-state index contributed by atoms with van der Waals surface area (Å²) >= 11 is 5.91. The number of fused-ring (bicyclic) bond motifs is 1. The lowest BCUT2D eigenvalue weighted by atomic mass is 10.0. The van der Waals surface area contributed by atoms with Gasteiger partial charge < -0.3 is 19.5 Å². The van der Waals surface area contributed by atoms with Crippen molar-refractivity contribution in [1.29, 1.82) is 0 Å². The SMILES string of the molecule is COc1ccc(C(=O)NCC(=O)N/N=C\c2c(OC(=O)c3ccc(Cl)cc3)ccc3ccccc23)cc1OC. The van der Waals surface area contributed by atoms with Gasteiger partial charge in [0.1, 0.15) is 5.75 Å². The Morgan fingerprint density at radius 2 is 1.54 bits per heavy atom. The largest absolute Gasteiger partial charge is 0.493 e. The Bertz CT molecular complexity index is 1550. The van der Waals surface area contributed by atoms with Gasteiger partial charge in [0, 0.05) is 16.1 Å². The van der Waals surface area contributed by atoms with Crippen LogP contribution in [0.4, 0.5) is 0 Å². The van der Waals surface area contributed by atoms with Crippen molar-refractivity contribution < 1.29 is 28.6 Å². The Kier molecular flexibility index (Phi) is 8.75. The van der Waals surface area contributed by atoms with Crippen molar-refractivity contribution >= 4 is 46.4 Å². The predicted molar refractivity (Wildman–Crippen MR) is 148 cm³/mol. The number of benzene rings is 4. The standard InChI is InChI=1S/C29H24ClN3O6/c1-37-25-14-10-20(15-26(25)38-2)28(35)31-17-27(34)33-32-16-23-22-6-4-3-5-18(22)9-13-24(23)39-29(36)19-7-11-21(30)12-8-19/h3-16H,17H2,1-2H3,(H,31,35)(H,33,34)/b32-16-. The number of amides is 2. The zero-order valence-electron chi connectivity index (χ0n) is 21.1. The fourth-order valence-corrected chi connectivity index (χ4v) is 3.82. The highest BCUT2D eigenvalue weighted by molar-refractivity contribution is 6.30. The molecule has 0 spiro atoms. The summed E-state index contributed by atoms with van der Waals surface area (Å²) in [5.41, 5.74) is 3.49. The van der Waals surface area contributed by atoms with Gasteiger partial charge in [-0.25, -0.2) is 10.2 Å². The first-order chi connectivity index (χ1) is 18.9. The summed E-state index contributed by atoms with van der Waals surface area (Å²) in [7, 11) is 2.96. The van der Waals surface area contributed by atoms with Crippen molar-refractivity contribution in [2.75, 3.05) is 20.8 Å². The Balaban J connectivity index is 1.44. The van der Waals surface area contributed by atoms with Crippen molar-refractivity contribution in [3.8, 4) is 17.2 Å². The van der Waals surface area contributed by atoms with Crippen molar-refractivity contribution in [3.05, 3.63) is 101 Å². The molecular formula is C29H24ClN3O6. The molecule has 4 rings (SSSR count). The molecule has 10 heteroatoms. The number of nitrogens with zero attached hydrogens (tertiary/aromatic N) is 1. The van der Waals surface area contributed by atoms with Gasteiger partial charge in [0.15, 0.2) is 11.5 Å². The summed E-state index contributed by atoms with van der Waals surface area (Å²) in [5, 5.41) is 8.70. The number of esters is 1. The normalized spacial score (nSPS) is 10.7. The molecule has 0 aromatic heterocycles. The first-order valence-corrected chi connectivity index (χ1v) is 12.1. The number of halogens is 1. The van der Waals surface area contributed by atoms with Crippen molar-refractivity contribution in [2.24, 2.45) is 5.10 Å². The Morgan fingerprint density at radius 1 is 0.846 bits per heavy atom. The Morgan fingerprint density at radius 3 is 2.28 bits per heavy atom. The molecule has 2 amide bonds. The number of hydrazone groups is 1. The number of rotatable bonds is 9. The molecule has 0 saturated heterocycles. The summed E-state index contributed by atoms with van der Waals surface area (Å²) in [6.07, 6.45) is 1.39. The van der Waals surface area contributed by atoms with E-state index < -0.39 is 17.8 Å². The number of hydrogen-bond acceptors (Lipinski definition) is 7. The maximum absolute atomic E-state index is 12.7. The van der Waals surface area contributed by atoms with Crippen LogP contribution in [0.2, 0.25) is 5.02 Å². The summed E-state index contributed by atoms with van der Waals surface area (Å²) in [4.78, 5) is 37.5. The second-order valence-corrected chi connectivity index (χ2v) is 8.58. The summed E-state index contributed by atoms with van der Waals surface area (Å²) < 4.78 is 16.0. The first kappa shape index (κ1) is 27.2. The van der Waals surface area contributed by atoms with Gasteiger partial charge in [-0.3, -0.25) is 9.59 Å². The molecule has 4 aromatic rings. The van der Waals surface area contributed by atoms with Crippen molar-refractivity contribution in [2.45, 2.75) is 0 Å². The summed E-state index contributed by atoms with van der Waals surface area (Å²) in [6, 6.07) is 21.9. The van der Waals surface area contributed by atoms with E-state index in [0.29, 0.717) is 33.2 Å². The van der Waals surface area contributed by atoms with Crippen molar-refractivity contribution in [1.82, 2.24) is 10.7 Å². The van der Waals surface area contributed by atoms with Crippen LogP contribution in [0.25, 0.3) is 10.8 Å². The molecule has 0 aliphatic rings.